The zero-order valence-corrected chi connectivity index (χ0v) is 5.24. The minimum Gasteiger partial charge on any atom is -0.395 e. The largest absolute Gasteiger partial charge is 0.395 e. The van der Waals surface area contributed by atoms with Gasteiger partial charge < -0.3 is 10.8 Å². The van der Waals surface area contributed by atoms with Gasteiger partial charge in [0.2, 0.25) is 0 Å². The summed E-state index contributed by atoms with van der Waals surface area (Å²) >= 11 is 0. The maximum absolute atomic E-state index is 8.60. The molecule has 0 aromatic carbocycles. The minimum atomic E-state index is -4.69. The fourth-order valence-corrected chi connectivity index (χ4v) is 0. The first-order chi connectivity index (χ1) is 3.91. The van der Waals surface area contributed by atoms with E-state index < -0.39 is 10.2 Å². The van der Waals surface area contributed by atoms with Crippen molar-refractivity contribution >= 4 is 0 Å². The predicted molar refractivity (Wildman–Crippen MR) is 18.4 cm³/mol. The Morgan fingerprint density at radius 3 is 1.44 bits per heavy atom. The Labute approximate surface area is 53.9 Å². The van der Waals surface area contributed by atoms with Gasteiger partial charge in [-0.1, -0.05) is 0 Å². The lowest BCUT2D eigenvalue weighted by molar-refractivity contribution is -1.92. The second kappa shape index (κ2) is 6.17. The van der Waals surface area contributed by atoms with Crippen LogP contribution in [0, 0.1) is 10.2 Å². The summed E-state index contributed by atoms with van der Waals surface area (Å²) in [4.78, 5) is 0. The topological polar surface area (TPSA) is 136 Å². The van der Waals surface area contributed by atoms with Crippen molar-refractivity contribution in [3.05, 3.63) is 0 Å². The van der Waals surface area contributed by atoms with E-state index >= 15 is 0 Å². The Balaban J connectivity index is 0. The van der Waals surface area contributed by atoms with Crippen molar-refractivity contribution in [2.75, 3.05) is 13.2 Å². The molecule has 7 heteroatoms. The third-order valence-corrected chi connectivity index (χ3v) is 0.129. The van der Waals surface area contributed by atoms with Gasteiger partial charge in [-0.2, -0.15) is 14.0 Å². The molecule has 0 aliphatic heterocycles. The molecule has 0 aliphatic rings. The van der Waals surface area contributed by atoms with E-state index in [4.69, 9.17) is 29.5 Å². The van der Waals surface area contributed by atoms with Gasteiger partial charge in [-0.05, 0) is 0 Å². The molecule has 9 heavy (non-hydrogen) atoms. The number of aliphatic hydroxyl groups excluding tert-OH is 1. The molecule has 0 aliphatic carbocycles. The van der Waals surface area contributed by atoms with E-state index in [1.54, 1.807) is 0 Å². The molecule has 0 heterocycles. The van der Waals surface area contributed by atoms with Crippen molar-refractivity contribution in [3.8, 4) is 0 Å². The maximum atomic E-state index is 8.60. The van der Waals surface area contributed by atoms with Gasteiger partial charge in [-0.3, -0.25) is 0 Å². The number of rotatable bonds is 1. The number of hydrogen-bond donors (Lipinski definition) is 3. The predicted octanol–water partition coefficient (Wildman–Crippen LogP) is -5.19. The molecular weight excluding hydrogens is 153 g/mol. The van der Waals surface area contributed by atoms with Crippen LogP contribution in [0.1, 0.15) is 0 Å². The highest BCUT2D eigenvalue weighted by Crippen LogP contribution is 1.60. The smallest absolute Gasteiger partial charge is 0.0777 e. The molecule has 0 unspecified atom stereocenters. The van der Waals surface area contributed by atoms with Crippen molar-refractivity contribution in [1.82, 2.24) is 0 Å². The molecule has 0 atom stereocenters. The molecule has 0 fully saturated rings. The van der Waals surface area contributed by atoms with Crippen molar-refractivity contribution in [3.63, 3.8) is 0 Å². The van der Waals surface area contributed by atoms with E-state index in [-0.39, 0.29) is 6.61 Å². The Hall–Kier alpha value is 0.0500. The van der Waals surface area contributed by atoms with Crippen LogP contribution in [-0.2, 0) is 0 Å². The Kier molecular flexibility index (Phi) is 8.09. The first-order valence-electron chi connectivity index (χ1n) is 1.86. The van der Waals surface area contributed by atoms with Crippen LogP contribution in [0.5, 0.6) is 0 Å². The molecule has 0 bridgehead atoms. The summed E-state index contributed by atoms with van der Waals surface area (Å²) in [5, 5.41) is 7.75. The molecule has 4 N–H and O–H groups in total. The van der Waals surface area contributed by atoms with Crippen molar-refractivity contribution in [1.29, 1.82) is 0 Å². The van der Waals surface area contributed by atoms with E-state index in [0.717, 1.165) is 0 Å². The van der Waals surface area contributed by atoms with Crippen LogP contribution >= 0.6 is 0 Å². The van der Waals surface area contributed by atoms with Crippen LogP contribution < -0.4 is 19.7 Å². The van der Waals surface area contributed by atoms with Gasteiger partial charge >= 0.3 is 0 Å². The highest BCUT2D eigenvalue weighted by atomic mass is 35.7. The molecule has 0 spiro atoms. The van der Waals surface area contributed by atoms with E-state index in [1.165, 1.54) is 0 Å². The normalized spacial score (nSPS) is 10.0. The molecular formula is C2H8ClNO5. The van der Waals surface area contributed by atoms with Gasteiger partial charge in [0.05, 0.1) is 21.5 Å². The number of aliphatic hydroxyl groups is 1. The van der Waals surface area contributed by atoms with Crippen molar-refractivity contribution in [2.45, 2.75) is 0 Å². The fraction of sp³-hybridized carbons (Fsp3) is 1.00. The highest BCUT2D eigenvalue weighted by molar-refractivity contribution is 4.17. The van der Waals surface area contributed by atoms with Gasteiger partial charge in [0, 0.05) is 6.54 Å². The van der Waals surface area contributed by atoms with Gasteiger partial charge in [0.25, 0.3) is 0 Å². The molecule has 0 saturated carbocycles. The van der Waals surface area contributed by atoms with Crippen molar-refractivity contribution in [2.24, 2.45) is 5.73 Å². The first-order valence-corrected chi connectivity index (χ1v) is 3.12. The Bertz CT molecular complexity index is 45.4. The molecule has 0 aromatic rings. The van der Waals surface area contributed by atoms with Crippen LogP contribution in [0.2, 0.25) is 0 Å². The van der Waals surface area contributed by atoms with Gasteiger partial charge in [-0.25, -0.2) is 0 Å². The van der Waals surface area contributed by atoms with Gasteiger partial charge in [0.1, 0.15) is 0 Å². The summed E-state index contributed by atoms with van der Waals surface area (Å²) in [5.41, 5.74) is 4.78. The zero-order chi connectivity index (χ0) is 7.91. The summed E-state index contributed by atoms with van der Waals surface area (Å²) < 4.78 is 32.7. The summed E-state index contributed by atoms with van der Waals surface area (Å²) in [5.74, 6) is 0. The molecule has 58 valence electrons. The summed E-state index contributed by atoms with van der Waals surface area (Å²) in [6, 6.07) is 0. The molecule has 0 radical (unpaired) electrons. The molecule has 0 saturated heterocycles. The van der Waals surface area contributed by atoms with E-state index in [0.29, 0.717) is 6.54 Å². The lowest BCUT2D eigenvalue weighted by Gasteiger charge is -2.03. The quantitative estimate of drug-likeness (QED) is 0.352. The van der Waals surface area contributed by atoms with Gasteiger partial charge in [-0.15, -0.1) is 0 Å². The van der Waals surface area contributed by atoms with Crippen LogP contribution in [-0.4, -0.2) is 22.9 Å². The number of nitrogens with two attached hydrogens (primary N) is 1. The summed E-state index contributed by atoms with van der Waals surface area (Å²) in [6.45, 7) is 0.472. The second-order valence-electron chi connectivity index (χ2n) is 0.908. The van der Waals surface area contributed by atoms with Crippen molar-refractivity contribution < 1.29 is 34.0 Å². The first kappa shape index (κ1) is 11.8. The third-order valence-electron chi connectivity index (χ3n) is 0.129. The monoisotopic (exact) mass is 161 g/mol. The average Bonchev–Trinajstić information content (AvgIpc) is 1.61. The summed E-state index contributed by atoms with van der Waals surface area (Å²) in [7, 11) is -4.69. The molecule has 0 amide bonds. The van der Waals surface area contributed by atoms with Crippen LogP contribution in [0.3, 0.4) is 0 Å². The minimum absolute atomic E-state index is 0.0972. The second-order valence-corrected chi connectivity index (χ2v) is 1.70. The summed E-state index contributed by atoms with van der Waals surface area (Å²) in [6.07, 6.45) is 0. The van der Waals surface area contributed by atoms with E-state index in [1.807, 2.05) is 0 Å². The van der Waals surface area contributed by atoms with E-state index in [2.05, 4.69) is 0 Å². The third kappa shape index (κ3) is 267. The molecule has 0 aromatic heterocycles. The SMILES string of the molecule is NCCO.[O-][Cl+3]([O-])([O-])O. The lowest BCUT2D eigenvalue weighted by Crippen LogP contribution is -2.58. The zero-order valence-electron chi connectivity index (χ0n) is 4.49. The standard InChI is InChI=1S/C2H7NO.ClHO4/c3-1-2-4;2-1(3,4)5/h4H,1-3H2;(H,2,3,4,5). The Morgan fingerprint density at radius 1 is 1.33 bits per heavy atom. The van der Waals surface area contributed by atoms with Crippen LogP contribution in [0.25, 0.3) is 0 Å². The average molecular weight is 162 g/mol. The number of halogens is 1. The van der Waals surface area contributed by atoms with Gasteiger partial charge in [0.15, 0.2) is 0 Å². The lowest BCUT2D eigenvalue weighted by atomic mass is 10.8. The van der Waals surface area contributed by atoms with Crippen LogP contribution in [0.15, 0.2) is 0 Å². The number of hydrogen-bond acceptors (Lipinski definition) is 6. The highest BCUT2D eigenvalue weighted by Gasteiger charge is 1.98. The van der Waals surface area contributed by atoms with E-state index in [9.17, 15) is 0 Å². The van der Waals surface area contributed by atoms with Crippen LogP contribution in [0.4, 0.5) is 0 Å². The molecule has 0 rings (SSSR count). The maximum Gasteiger partial charge on any atom is 0.0777 e. The molecule has 6 nitrogen and oxygen atoms in total. The fourth-order valence-electron chi connectivity index (χ4n) is 0. The Morgan fingerprint density at radius 2 is 1.44 bits per heavy atom.